The van der Waals surface area contributed by atoms with E-state index in [1.807, 2.05) is 13.0 Å². The molecule has 0 saturated carbocycles. The second-order valence-electron chi connectivity index (χ2n) is 5.48. The van der Waals surface area contributed by atoms with Crippen molar-refractivity contribution in [3.63, 3.8) is 0 Å². The molecule has 5 nitrogen and oxygen atoms in total. The maximum atomic E-state index is 11.8. The normalized spacial score (nSPS) is 24.9. The molecule has 0 bridgehead atoms. The number of carbonyl (C=O) groups is 1. The first kappa shape index (κ1) is 14.1. The van der Waals surface area contributed by atoms with E-state index in [0.29, 0.717) is 13.1 Å². The maximum Gasteiger partial charge on any atom is 0.234 e. The van der Waals surface area contributed by atoms with Crippen LogP contribution in [0.2, 0.25) is 0 Å². The van der Waals surface area contributed by atoms with Gasteiger partial charge in [0.25, 0.3) is 0 Å². The molecule has 0 aromatic carbocycles. The third-order valence-electron chi connectivity index (χ3n) is 3.56. The molecule has 2 heterocycles. The van der Waals surface area contributed by atoms with Gasteiger partial charge in [-0.15, -0.1) is 0 Å². The number of aliphatic hydroxyl groups is 1. The number of nitrogens with one attached hydrogen (secondary N) is 1. The Kier molecular flexibility index (Phi) is 4.61. The molecule has 1 unspecified atom stereocenters. The molecule has 106 valence electrons. The Morgan fingerprint density at radius 2 is 2.37 bits per heavy atom. The molecular weight excluding hydrogens is 244 g/mol. The molecule has 1 amide bonds. The summed E-state index contributed by atoms with van der Waals surface area (Å²) in [5.74, 6) is 0.755. The highest BCUT2D eigenvalue weighted by Crippen LogP contribution is 2.20. The molecule has 1 atom stereocenters. The van der Waals surface area contributed by atoms with Crippen molar-refractivity contribution in [1.82, 2.24) is 10.2 Å². The molecule has 1 aliphatic rings. The predicted octanol–water partition coefficient (Wildman–Crippen LogP) is 1.13. The van der Waals surface area contributed by atoms with Crippen molar-refractivity contribution in [2.45, 2.75) is 38.3 Å². The van der Waals surface area contributed by atoms with Crippen molar-refractivity contribution in [3.8, 4) is 0 Å². The second kappa shape index (κ2) is 6.21. The molecule has 2 rings (SSSR count). The van der Waals surface area contributed by atoms with Gasteiger partial charge < -0.3 is 14.8 Å². The minimum atomic E-state index is -0.584. The van der Waals surface area contributed by atoms with Gasteiger partial charge >= 0.3 is 0 Å². The minimum absolute atomic E-state index is 0.00190. The topological polar surface area (TPSA) is 65.7 Å². The van der Waals surface area contributed by atoms with Crippen LogP contribution in [0.1, 0.15) is 31.9 Å². The van der Waals surface area contributed by atoms with E-state index in [4.69, 9.17) is 4.42 Å². The smallest absolute Gasteiger partial charge is 0.234 e. The molecule has 1 saturated heterocycles. The second-order valence-corrected chi connectivity index (χ2v) is 5.48. The van der Waals surface area contributed by atoms with Crippen LogP contribution in [0, 0.1) is 0 Å². The van der Waals surface area contributed by atoms with Crippen LogP contribution in [0.3, 0.4) is 0 Å². The lowest BCUT2D eigenvalue weighted by atomic mass is 9.98. The van der Waals surface area contributed by atoms with Gasteiger partial charge in [0.1, 0.15) is 5.76 Å². The minimum Gasteiger partial charge on any atom is -0.467 e. The molecule has 1 fully saturated rings. The number of likely N-dealkylation sites (tertiary alicyclic amines) is 1. The number of hydrogen-bond donors (Lipinski definition) is 2. The number of carbonyl (C=O) groups excluding carboxylic acids is 1. The largest absolute Gasteiger partial charge is 0.467 e. The number of hydrogen-bond acceptors (Lipinski definition) is 4. The molecule has 1 aromatic rings. The summed E-state index contributed by atoms with van der Waals surface area (Å²) in [7, 11) is 0. The van der Waals surface area contributed by atoms with E-state index in [2.05, 4.69) is 10.2 Å². The van der Waals surface area contributed by atoms with Crippen molar-refractivity contribution in [3.05, 3.63) is 24.2 Å². The molecule has 0 aliphatic carbocycles. The van der Waals surface area contributed by atoms with Gasteiger partial charge in [-0.3, -0.25) is 9.69 Å². The van der Waals surface area contributed by atoms with Crippen LogP contribution in [0.5, 0.6) is 0 Å². The fraction of sp³-hybridized carbons (Fsp3) is 0.643. The highest BCUT2D eigenvalue weighted by Gasteiger charge is 2.25. The van der Waals surface area contributed by atoms with Gasteiger partial charge in [-0.1, -0.05) is 0 Å². The van der Waals surface area contributed by atoms with Crippen molar-refractivity contribution in [1.29, 1.82) is 0 Å². The molecule has 0 spiro atoms. The van der Waals surface area contributed by atoms with Crippen LogP contribution in [-0.2, 0) is 11.3 Å². The van der Waals surface area contributed by atoms with Crippen LogP contribution in [0.4, 0.5) is 0 Å². The van der Waals surface area contributed by atoms with E-state index in [1.165, 1.54) is 0 Å². The zero-order valence-corrected chi connectivity index (χ0v) is 11.4. The standard InChI is InChI=1S/C14H22N2O3/c1-14(18)5-3-7-16(8-6-14)11-13(17)15-10-12-4-2-9-19-12/h2,4,9,18H,3,5-8,10-11H2,1H3,(H,15,17). The first-order chi connectivity index (χ1) is 9.05. The maximum absolute atomic E-state index is 11.8. The average Bonchev–Trinajstić information content (AvgIpc) is 2.80. The SMILES string of the molecule is CC1(O)CCCN(CC(=O)NCc2ccco2)CC1. The van der Waals surface area contributed by atoms with Crippen molar-refractivity contribution in [2.24, 2.45) is 0 Å². The summed E-state index contributed by atoms with van der Waals surface area (Å²) in [6.45, 7) is 4.31. The van der Waals surface area contributed by atoms with Crippen molar-refractivity contribution >= 4 is 5.91 Å². The van der Waals surface area contributed by atoms with Crippen LogP contribution in [0.15, 0.2) is 22.8 Å². The van der Waals surface area contributed by atoms with E-state index in [1.54, 1.807) is 12.3 Å². The van der Waals surface area contributed by atoms with Gasteiger partial charge in [0, 0.05) is 6.54 Å². The molecule has 1 aromatic heterocycles. The highest BCUT2D eigenvalue weighted by atomic mass is 16.3. The summed E-state index contributed by atoms with van der Waals surface area (Å²) in [5, 5.41) is 12.8. The number of rotatable bonds is 4. The molecule has 0 radical (unpaired) electrons. The first-order valence-electron chi connectivity index (χ1n) is 6.79. The third-order valence-corrected chi connectivity index (χ3v) is 3.56. The van der Waals surface area contributed by atoms with Crippen LogP contribution >= 0.6 is 0 Å². The van der Waals surface area contributed by atoms with E-state index in [0.717, 1.165) is 38.1 Å². The van der Waals surface area contributed by atoms with E-state index < -0.39 is 5.60 Å². The Balaban J connectivity index is 1.73. The number of amides is 1. The molecule has 19 heavy (non-hydrogen) atoms. The fourth-order valence-electron chi connectivity index (χ4n) is 2.34. The molecule has 2 N–H and O–H groups in total. The Hall–Kier alpha value is -1.33. The summed E-state index contributed by atoms with van der Waals surface area (Å²) in [6.07, 6.45) is 4.05. The summed E-state index contributed by atoms with van der Waals surface area (Å²) in [5.41, 5.74) is -0.584. The number of nitrogens with zero attached hydrogens (tertiary/aromatic N) is 1. The number of furan rings is 1. The zero-order valence-electron chi connectivity index (χ0n) is 11.4. The summed E-state index contributed by atoms with van der Waals surface area (Å²) in [6, 6.07) is 3.64. The van der Waals surface area contributed by atoms with Gasteiger partial charge in [0.15, 0.2) is 0 Å². The van der Waals surface area contributed by atoms with Crippen LogP contribution in [-0.4, -0.2) is 41.1 Å². The van der Waals surface area contributed by atoms with Crippen LogP contribution < -0.4 is 5.32 Å². The first-order valence-corrected chi connectivity index (χ1v) is 6.79. The molecule has 1 aliphatic heterocycles. The van der Waals surface area contributed by atoms with Gasteiger partial charge in [0.2, 0.25) is 5.91 Å². The fourth-order valence-corrected chi connectivity index (χ4v) is 2.34. The lowest BCUT2D eigenvalue weighted by Gasteiger charge is -2.21. The summed E-state index contributed by atoms with van der Waals surface area (Å²) < 4.78 is 5.16. The quantitative estimate of drug-likeness (QED) is 0.857. The van der Waals surface area contributed by atoms with Gasteiger partial charge in [-0.25, -0.2) is 0 Å². The third kappa shape index (κ3) is 4.69. The Bertz CT molecular complexity index is 401. The monoisotopic (exact) mass is 266 g/mol. The van der Waals surface area contributed by atoms with E-state index >= 15 is 0 Å². The average molecular weight is 266 g/mol. The van der Waals surface area contributed by atoms with E-state index in [-0.39, 0.29) is 5.91 Å². The van der Waals surface area contributed by atoms with Gasteiger partial charge in [0.05, 0.1) is 25.0 Å². The predicted molar refractivity (Wildman–Crippen MR) is 71.5 cm³/mol. The zero-order chi connectivity index (χ0) is 13.7. The Morgan fingerprint density at radius 3 is 3.11 bits per heavy atom. The Morgan fingerprint density at radius 1 is 1.53 bits per heavy atom. The summed E-state index contributed by atoms with van der Waals surface area (Å²) in [4.78, 5) is 13.9. The van der Waals surface area contributed by atoms with E-state index in [9.17, 15) is 9.90 Å². The molecular formula is C14H22N2O3. The van der Waals surface area contributed by atoms with Crippen molar-refractivity contribution in [2.75, 3.05) is 19.6 Å². The van der Waals surface area contributed by atoms with Gasteiger partial charge in [-0.2, -0.15) is 0 Å². The van der Waals surface area contributed by atoms with Crippen molar-refractivity contribution < 1.29 is 14.3 Å². The van der Waals surface area contributed by atoms with Crippen LogP contribution in [0.25, 0.3) is 0 Å². The van der Waals surface area contributed by atoms with Gasteiger partial charge in [-0.05, 0) is 44.9 Å². The molecule has 5 heteroatoms. The Labute approximate surface area is 113 Å². The highest BCUT2D eigenvalue weighted by molar-refractivity contribution is 5.77. The lowest BCUT2D eigenvalue weighted by Crippen LogP contribution is -2.38. The summed E-state index contributed by atoms with van der Waals surface area (Å²) >= 11 is 0. The lowest BCUT2D eigenvalue weighted by molar-refractivity contribution is -0.122.